The molecule has 0 saturated carbocycles. The molecule has 0 spiro atoms. The van der Waals surface area contributed by atoms with Gasteiger partial charge in [-0.25, -0.2) is 0 Å². The van der Waals surface area contributed by atoms with Gasteiger partial charge in [-0.1, -0.05) is 40.2 Å². The Labute approximate surface area is 126 Å². The molecule has 1 aromatic carbocycles. The zero-order valence-electron chi connectivity index (χ0n) is 10.7. The van der Waals surface area contributed by atoms with Crippen LogP contribution in [0.4, 0.5) is 0 Å². The van der Waals surface area contributed by atoms with Gasteiger partial charge in [0.15, 0.2) is 0 Å². The molecular weight excluding hydrogens is 320 g/mol. The van der Waals surface area contributed by atoms with Crippen LogP contribution in [-0.4, -0.2) is 31.1 Å². The van der Waals surface area contributed by atoms with Crippen molar-refractivity contribution in [2.75, 3.05) is 26.2 Å². The van der Waals surface area contributed by atoms with E-state index < -0.39 is 0 Å². The van der Waals surface area contributed by atoms with Crippen LogP contribution >= 0.6 is 27.3 Å². The quantitative estimate of drug-likeness (QED) is 0.922. The third kappa shape index (κ3) is 2.92. The van der Waals surface area contributed by atoms with Crippen LogP contribution < -0.4 is 5.32 Å². The SMILES string of the molecule is Brc1ccccc1C(c1cccs1)N1CCNCC1. The maximum atomic E-state index is 3.71. The van der Waals surface area contributed by atoms with Crippen molar-refractivity contribution in [1.82, 2.24) is 10.2 Å². The Morgan fingerprint density at radius 3 is 2.58 bits per heavy atom. The molecule has 0 radical (unpaired) electrons. The predicted molar refractivity (Wildman–Crippen MR) is 84.7 cm³/mol. The van der Waals surface area contributed by atoms with Gasteiger partial charge in [0.1, 0.15) is 0 Å². The van der Waals surface area contributed by atoms with Crippen molar-refractivity contribution in [3.05, 3.63) is 56.7 Å². The number of nitrogens with one attached hydrogen (secondary N) is 1. The van der Waals surface area contributed by atoms with E-state index in [1.54, 1.807) is 0 Å². The monoisotopic (exact) mass is 336 g/mol. The van der Waals surface area contributed by atoms with E-state index in [1.165, 1.54) is 14.9 Å². The topological polar surface area (TPSA) is 15.3 Å². The molecule has 1 unspecified atom stereocenters. The fourth-order valence-electron chi connectivity index (χ4n) is 2.61. The van der Waals surface area contributed by atoms with E-state index in [2.05, 4.69) is 67.9 Å². The third-order valence-corrected chi connectivity index (χ3v) is 5.18. The van der Waals surface area contributed by atoms with Crippen LogP contribution in [0, 0.1) is 0 Å². The number of nitrogens with zero attached hydrogens (tertiary/aromatic N) is 1. The highest BCUT2D eigenvalue weighted by Crippen LogP contribution is 2.35. The first kappa shape index (κ1) is 13.3. The lowest BCUT2D eigenvalue weighted by atomic mass is 10.0. The molecule has 0 bridgehead atoms. The van der Waals surface area contributed by atoms with Crippen molar-refractivity contribution < 1.29 is 0 Å². The number of thiophene rings is 1. The maximum absolute atomic E-state index is 3.71. The van der Waals surface area contributed by atoms with Gasteiger partial charge in [0, 0.05) is 35.5 Å². The van der Waals surface area contributed by atoms with Crippen LogP contribution in [0.25, 0.3) is 0 Å². The zero-order chi connectivity index (χ0) is 13.1. The highest BCUT2D eigenvalue weighted by Gasteiger charge is 2.25. The summed E-state index contributed by atoms with van der Waals surface area (Å²) in [4.78, 5) is 4.00. The molecule has 1 N–H and O–H groups in total. The summed E-state index contributed by atoms with van der Waals surface area (Å²) in [6.45, 7) is 4.35. The minimum absolute atomic E-state index is 0.373. The fourth-order valence-corrected chi connectivity index (χ4v) is 3.99. The molecule has 0 amide bonds. The summed E-state index contributed by atoms with van der Waals surface area (Å²) in [7, 11) is 0. The lowest BCUT2D eigenvalue weighted by Gasteiger charge is -2.35. The number of rotatable bonds is 3. The summed E-state index contributed by atoms with van der Waals surface area (Å²) in [5.41, 5.74) is 1.37. The van der Waals surface area contributed by atoms with Crippen LogP contribution in [0.1, 0.15) is 16.5 Å². The summed E-state index contributed by atoms with van der Waals surface area (Å²) >= 11 is 5.56. The van der Waals surface area contributed by atoms with Gasteiger partial charge in [-0.05, 0) is 23.1 Å². The lowest BCUT2D eigenvalue weighted by Crippen LogP contribution is -2.45. The first-order valence-electron chi connectivity index (χ1n) is 6.59. The van der Waals surface area contributed by atoms with Gasteiger partial charge in [-0.15, -0.1) is 11.3 Å². The van der Waals surface area contributed by atoms with E-state index in [0.29, 0.717) is 6.04 Å². The summed E-state index contributed by atoms with van der Waals surface area (Å²) in [6, 6.07) is 13.3. The Bertz CT molecular complexity index is 521. The molecule has 1 saturated heterocycles. The van der Waals surface area contributed by atoms with Crippen molar-refractivity contribution in [3.63, 3.8) is 0 Å². The van der Waals surface area contributed by atoms with E-state index in [9.17, 15) is 0 Å². The molecule has 1 atom stereocenters. The highest BCUT2D eigenvalue weighted by molar-refractivity contribution is 9.10. The molecule has 4 heteroatoms. The standard InChI is InChI=1S/C15H17BrN2S/c16-13-5-2-1-4-12(13)15(14-6-3-11-19-14)18-9-7-17-8-10-18/h1-6,11,15,17H,7-10H2. The first-order chi connectivity index (χ1) is 9.36. The van der Waals surface area contributed by atoms with Gasteiger partial charge in [0.2, 0.25) is 0 Å². The molecule has 1 fully saturated rings. The fraction of sp³-hybridized carbons (Fsp3) is 0.333. The number of halogens is 1. The Morgan fingerprint density at radius 1 is 1.11 bits per heavy atom. The van der Waals surface area contributed by atoms with Crippen molar-refractivity contribution >= 4 is 27.3 Å². The molecule has 0 aliphatic carbocycles. The maximum Gasteiger partial charge on any atom is 0.0707 e. The van der Waals surface area contributed by atoms with Gasteiger partial charge in [-0.2, -0.15) is 0 Å². The second kappa shape index (κ2) is 6.18. The van der Waals surface area contributed by atoms with Crippen LogP contribution in [0.2, 0.25) is 0 Å². The molecular formula is C15H17BrN2S. The van der Waals surface area contributed by atoms with E-state index in [1.807, 2.05) is 11.3 Å². The summed E-state index contributed by atoms with van der Waals surface area (Å²) < 4.78 is 1.20. The van der Waals surface area contributed by atoms with Gasteiger partial charge >= 0.3 is 0 Å². The van der Waals surface area contributed by atoms with Crippen LogP contribution in [0.3, 0.4) is 0 Å². The highest BCUT2D eigenvalue weighted by atomic mass is 79.9. The Morgan fingerprint density at radius 2 is 1.89 bits per heavy atom. The largest absolute Gasteiger partial charge is 0.314 e. The molecule has 2 heterocycles. The number of piperazine rings is 1. The van der Waals surface area contributed by atoms with Gasteiger partial charge in [0.05, 0.1) is 6.04 Å². The van der Waals surface area contributed by atoms with Crippen molar-refractivity contribution in [3.8, 4) is 0 Å². The zero-order valence-corrected chi connectivity index (χ0v) is 13.1. The molecule has 3 rings (SSSR count). The number of hydrogen-bond donors (Lipinski definition) is 1. The lowest BCUT2D eigenvalue weighted by molar-refractivity contribution is 0.200. The molecule has 1 aromatic heterocycles. The number of hydrogen-bond acceptors (Lipinski definition) is 3. The average molecular weight is 337 g/mol. The number of benzene rings is 1. The van der Waals surface area contributed by atoms with Crippen LogP contribution in [-0.2, 0) is 0 Å². The van der Waals surface area contributed by atoms with E-state index in [-0.39, 0.29) is 0 Å². The molecule has 2 nitrogen and oxygen atoms in total. The predicted octanol–water partition coefficient (Wildman–Crippen LogP) is 3.51. The van der Waals surface area contributed by atoms with Crippen molar-refractivity contribution in [1.29, 1.82) is 0 Å². The third-order valence-electron chi connectivity index (χ3n) is 3.53. The van der Waals surface area contributed by atoms with Crippen molar-refractivity contribution in [2.45, 2.75) is 6.04 Å². The van der Waals surface area contributed by atoms with E-state index >= 15 is 0 Å². The van der Waals surface area contributed by atoms with E-state index in [0.717, 1.165) is 26.2 Å². The van der Waals surface area contributed by atoms with Gasteiger partial charge in [-0.3, -0.25) is 4.90 Å². The van der Waals surface area contributed by atoms with Gasteiger partial charge in [0.25, 0.3) is 0 Å². The minimum Gasteiger partial charge on any atom is -0.314 e. The molecule has 1 aliphatic heterocycles. The van der Waals surface area contributed by atoms with Gasteiger partial charge < -0.3 is 5.32 Å². The van der Waals surface area contributed by atoms with Crippen LogP contribution in [0.5, 0.6) is 0 Å². The molecule has 1 aliphatic rings. The Hall–Kier alpha value is -0.680. The molecule has 19 heavy (non-hydrogen) atoms. The smallest absolute Gasteiger partial charge is 0.0707 e. The molecule has 100 valence electrons. The Kier molecular flexibility index (Phi) is 4.33. The van der Waals surface area contributed by atoms with Crippen molar-refractivity contribution in [2.24, 2.45) is 0 Å². The normalized spacial score (nSPS) is 18.4. The second-order valence-corrected chi connectivity index (χ2v) is 6.56. The minimum atomic E-state index is 0.373. The summed E-state index contributed by atoms with van der Waals surface area (Å²) in [5, 5.41) is 5.60. The Balaban J connectivity index is 1.99. The average Bonchev–Trinajstić information content (AvgIpc) is 2.96. The van der Waals surface area contributed by atoms with E-state index in [4.69, 9.17) is 0 Å². The first-order valence-corrected chi connectivity index (χ1v) is 8.26. The summed E-state index contributed by atoms with van der Waals surface area (Å²) in [5.74, 6) is 0. The van der Waals surface area contributed by atoms with Crippen LogP contribution in [0.15, 0.2) is 46.3 Å². The summed E-state index contributed by atoms with van der Waals surface area (Å²) in [6.07, 6.45) is 0. The molecule has 2 aromatic rings. The second-order valence-electron chi connectivity index (χ2n) is 4.73.